The minimum absolute atomic E-state index is 0.0345. The molecule has 0 saturated carbocycles. The summed E-state index contributed by atoms with van der Waals surface area (Å²) in [6.45, 7) is 12.6. The second-order valence-corrected chi connectivity index (χ2v) is 12.1. The minimum atomic E-state index is -0.477. The Morgan fingerprint density at radius 1 is 1.09 bits per heavy atom. The van der Waals surface area contributed by atoms with Gasteiger partial charge < -0.3 is 10.4 Å². The van der Waals surface area contributed by atoms with E-state index < -0.39 is 4.92 Å². The van der Waals surface area contributed by atoms with Crippen LogP contribution in [0.1, 0.15) is 64.7 Å². The van der Waals surface area contributed by atoms with Crippen LogP contribution >= 0.6 is 27.7 Å². The molecule has 0 aliphatic carbocycles. The molecule has 2 rings (SSSR count). The Balaban J connectivity index is 1.92. The van der Waals surface area contributed by atoms with Crippen molar-refractivity contribution >= 4 is 45.0 Å². The normalized spacial score (nSPS) is 12.0. The molecule has 1 amide bonds. The SMILES string of the molecule is CC(C)(C)c1cc(CCCSCC(=O)Nc2ccc([N+](=O)[O-])cc2Br)cc(C(C)(C)C)c1O. The number of rotatable bonds is 8. The molecule has 0 aliphatic rings. The van der Waals surface area contributed by atoms with Gasteiger partial charge in [-0.1, -0.05) is 53.7 Å². The molecule has 0 saturated heterocycles. The predicted octanol–water partition coefficient (Wildman–Crippen LogP) is 6.96. The van der Waals surface area contributed by atoms with Crippen LogP contribution in [0, 0.1) is 10.1 Å². The largest absolute Gasteiger partial charge is 0.507 e. The molecule has 33 heavy (non-hydrogen) atoms. The van der Waals surface area contributed by atoms with Gasteiger partial charge in [-0.25, -0.2) is 0 Å². The summed E-state index contributed by atoms with van der Waals surface area (Å²) < 4.78 is 0.478. The monoisotopic (exact) mass is 536 g/mol. The van der Waals surface area contributed by atoms with Gasteiger partial charge >= 0.3 is 0 Å². The number of aryl methyl sites for hydroxylation is 1. The standard InChI is InChI=1S/C25H33BrN2O4S/c1-24(2,3)18-12-16(13-19(23(18)30)25(4,5)6)8-7-11-33-15-22(29)27-21-10-9-17(28(31)32)14-20(21)26/h9-10,12-14,30H,7-8,11,15H2,1-6H3,(H,27,29). The van der Waals surface area contributed by atoms with Crippen LogP contribution in [0.15, 0.2) is 34.8 Å². The lowest BCUT2D eigenvalue weighted by atomic mass is 9.78. The number of anilines is 1. The molecule has 0 aromatic heterocycles. The van der Waals surface area contributed by atoms with Gasteiger partial charge in [-0.2, -0.15) is 11.8 Å². The molecular formula is C25H33BrN2O4S. The summed E-state index contributed by atoms with van der Waals surface area (Å²) in [6, 6.07) is 8.47. The fraction of sp³-hybridized carbons (Fsp3) is 0.480. The Morgan fingerprint density at radius 3 is 2.15 bits per heavy atom. The van der Waals surface area contributed by atoms with E-state index in [0.717, 1.165) is 29.7 Å². The summed E-state index contributed by atoms with van der Waals surface area (Å²) in [5, 5.41) is 24.5. The third kappa shape index (κ3) is 7.74. The molecule has 8 heteroatoms. The molecule has 0 atom stereocenters. The molecule has 0 unspecified atom stereocenters. The Labute approximate surface area is 208 Å². The number of phenols is 1. The molecule has 180 valence electrons. The smallest absolute Gasteiger partial charge is 0.270 e. The number of aromatic hydroxyl groups is 1. The predicted molar refractivity (Wildman–Crippen MR) is 141 cm³/mol. The van der Waals surface area contributed by atoms with Crippen LogP contribution in [0.5, 0.6) is 5.75 Å². The summed E-state index contributed by atoms with van der Waals surface area (Å²) in [7, 11) is 0. The number of nitrogens with zero attached hydrogens (tertiary/aromatic N) is 1. The summed E-state index contributed by atoms with van der Waals surface area (Å²) >= 11 is 4.81. The van der Waals surface area contributed by atoms with Crippen LogP contribution in [0.25, 0.3) is 0 Å². The van der Waals surface area contributed by atoms with Crippen molar-refractivity contribution in [3.8, 4) is 5.75 Å². The molecule has 6 nitrogen and oxygen atoms in total. The number of phenolic OH excluding ortho intramolecular Hbond substituents is 1. The number of hydrogen-bond acceptors (Lipinski definition) is 5. The number of carbonyl (C=O) groups is 1. The minimum Gasteiger partial charge on any atom is -0.507 e. The van der Waals surface area contributed by atoms with Gasteiger partial charge in [-0.05, 0) is 68.1 Å². The third-order valence-corrected chi connectivity index (χ3v) is 6.91. The Bertz CT molecular complexity index is 991. The Kier molecular flexibility index (Phi) is 8.99. The lowest BCUT2D eigenvalue weighted by Gasteiger charge is -2.28. The van der Waals surface area contributed by atoms with Gasteiger partial charge in [-0.15, -0.1) is 0 Å². The maximum atomic E-state index is 12.2. The fourth-order valence-corrected chi connectivity index (χ4v) is 4.65. The second kappa shape index (κ2) is 10.9. The molecule has 0 fully saturated rings. The fourth-order valence-electron chi connectivity index (χ4n) is 3.43. The van der Waals surface area contributed by atoms with Gasteiger partial charge in [0.2, 0.25) is 5.91 Å². The van der Waals surface area contributed by atoms with Crippen molar-refractivity contribution < 1.29 is 14.8 Å². The van der Waals surface area contributed by atoms with Crippen molar-refractivity contribution in [1.82, 2.24) is 0 Å². The van der Waals surface area contributed by atoms with E-state index in [-0.39, 0.29) is 22.4 Å². The first kappa shape index (κ1) is 27.2. The summed E-state index contributed by atoms with van der Waals surface area (Å²) in [5.41, 5.74) is 3.30. The van der Waals surface area contributed by atoms with E-state index in [1.165, 1.54) is 23.8 Å². The van der Waals surface area contributed by atoms with Crippen molar-refractivity contribution in [2.24, 2.45) is 0 Å². The van der Waals surface area contributed by atoms with Crippen LogP contribution in [0.4, 0.5) is 11.4 Å². The number of nitro groups is 1. The highest BCUT2D eigenvalue weighted by Gasteiger charge is 2.26. The highest BCUT2D eigenvalue weighted by atomic mass is 79.9. The van der Waals surface area contributed by atoms with Gasteiger partial charge in [0.05, 0.1) is 16.4 Å². The van der Waals surface area contributed by atoms with Gasteiger partial charge in [-0.3, -0.25) is 14.9 Å². The van der Waals surface area contributed by atoms with E-state index >= 15 is 0 Å². The van der Waals surface area contributed by atoms with E-state index in [1.807, 2.05) is 0 Å². The van der Waals surface area contributed by atoms with Gasteiger partial charge in [0.15, 0.2) is 0 Å². The van der Waals surface area contributed by atoms with E-state index in [1.54, 1.807) is 11.8 Å². The molecule has 2 N–H and O–H groups in total. The van der Waals surface area contributed by atoms with Crippen LogP contribution in [-0.4, -0.2) is 27.4 Å². The molecule has 0 radical (unpaired) electrons. The molecular weight excluding hydrogens is 504 g/mol. The van der Waals surface area contributed by atoms with Crippen molar-refractivity contribution in [1.29, 1.82) is 0 Å². The number of carbonyl (C=O) groups excluding carboxylic acids is 1. The molecule has 0 heterocycles. The van der Waals surface area contributed by atoms with Gasteiger partial charge in [0.25, 0.3) is 5.69 Å². The highest BCUT2D eigenvalue weighted by molar-refractivity contribution is 9.10. The van der Waals surface area contributed by atoms with Crippen LogP contribution in [0.2, 0.25) is 0 Å². The first-order valence-electron chi connectivity index (χ1n) is 10.9. The maximum Gasteiger partial charge on any atom is 0.270 e. The summed E-state index contributed by atoms with van der Waals surface area (Å²) in [6.07, 6.45) is 1.78. The molecule has 0 spiro atoms. The topological polar surface area (TPSA) is 92.5 Å². The van der Waals surface area contributed by atoms with E-state index in [9.17, 15) is 20.0 Å². The van der Waals surface area contributed by atoms with Crippen molar-refractivity contribution in [2.75, 3.05) is 16.8 Å². The van der Waals surface area contributed by atoms with E-state index in [4.69, 9.17) is 0 Å². The van der Waals surface area contributed by atoms with Crippen molar-refractivity contribution in [3.05, 3.63) is 61.6 Å². The number of hydrogen-bond donors (Lipinski definition) is 2. The number of nitro benzene ring substituents is 1. The van der Waals surface area contributed by atoms with Gasteiger partial charge in [0.1, 0.15) is 5.75 Å². The van der Waals surface area contributed by atoms with Crippen molar-refractivity contribution in [2.45, 2.75) is 65.2 Å². The Hall–Kier alpha value is -2.06. The molecule has 2 aromatic carbocycles. The highest BCUT2D eigenvalue weighted by Crippen LogP contribution is 2.40. The first-order chi connectivity index (χ1) is 15.2. The summed E-state index contributed by atoms with van der Waals surface area (Å²) in [5.74, 6) is 1.37. The average molecular weight is 538 g/mol. The number of thioether (sulfide) groups is 1. The van der Waals surface area contributed by atoms with Crippen LogP contribution in [0.3, 0.4) is 0 Å². The zero-order valence-corrected chi connectivity index (χ0v) is 22.5. The quantitative estimate of drug-likeness (QED) is 0.216. The van der Waals surface area contributed by atoms with E-state index in [2.05, 4.69) is 74.9 Å². The number of benzene rings is 2. The summed E-state index contributed by atoms with van der Waals surface area (Å²) in [4.78, 5) is 22.6. The van der Waals surface area contributed by atoms with Crippen LogP contribution < -0.4 is 5.32 Å². The number of amides is 1. The van der Waals surface area contributed by atoms with Crippen LogP contribution in [-0.2, 0) is 22.0 Å². The average Bonchev–Trinajstić information content (AvgIpc) is 2.68. The second-order valence-electron chi connectivity index (χ2n) is 10.2. The molecule has 2 aromatic rings. The zero-order valence-electron chi connectivity index (χ0n) is 20.1. The Morgan fingerprint density at radius 2 is 1.67 bits per heavy atom. The zero-order chi connectivity index (χ0) is 25.0. The molecule has 0 bridgehead atoms. The number of nitrogens with one attached hydrogen (secondary N) is 1. The van der Waals surface area contributed by atoms with Crippen molar-refractivity contribution in [3.63, 3.8) is 0 Å². The van der Waals surface area contributed by atoms with E-state index in [0.29, 0.717) is 21.7 Å². The first-order valence-corrected chi connectivity index (χ1v) is 12.8. The third-order valence-electron chi connectivity index (χ3n) is 5.21. The number of halogens is 1. The maximum absolute atomic E-state index is 12.2. The lowest BCUT2D eigenvalue weighted by Crippen LogP contribution is -2.18. The lowest BCUT2D eigenvalue weighted by molar-refractivity contribution is -0.384. The molecule has 0 aliphatic heterocycles. The number of non-ortho nitro benzene ring substituents is 1. The van der Waals surface area contributed by atoms with Gasteiger partial charge in [0, 0.05) is 16.6 Å².